The number of hydrogen-bond acceptors (Lipinski definition) is 5. The number of hydrogen-bond donors (Lipinski definition) is 0. The van der Waals surface area contributed by atoms with Crippen LogP contribution in [0.25, 0.3) is 0 Å². The smallest absolute Gasteiger partial charge is 0.203 e. The third kappa shape index (κ3) is 2.57. The van der Waals surface area contributed by atoms with Gasteiger partial charge in [-0.25, -0.2) is 13.4 Å². The highest BCUT2D eigenvalue weighted by Gasteiger charge is 2.28. The number of oxazole rings is 1. The van der Waals surface area contributed by atoms with E-state index in [2.05, 4.69) is 4.98 Å². The normalized spacial score (nSPS) is 14.1. The van der Waals surface area contributed by atoms with Crippen molar-refractivity contribution < 1.29 is 17.6 Å². The van der Waals surface area contributed by atoms with E-state index in [9.17, 15) is 8.42 Å². The number of sulfone groups is 1. The minimum absolute atomic E-state index is 0.0103. The Labute approximate surface area is 89.4 Å². The van der Waals surface area contributed by atoms with Gasteiger partial charge < -0.3 is 9.15 Å². The van der Waals surface area contributed by atoms with Crippen LogP contribution in [-0.4, -0.2) is 32.4 Å². The van der Waals surface area contributed by atoms with E-state index in [1.54, 1.807) is 13.8 Å². The number of ether oxygens (including phenoxy) is 1. The molecule has 0 radical (unpaired) electrons. The van der Waals surface area contributed by atoms with Gasteiger partial charge in [-0.15, -0.1) is 0 Å². The van der Waals surface area contributed by atoms with Crippen LogP contribution in [0.2, 0.25) is 0 Å². The zero-order valence-corrected chi connectivity index (χ0v) is 9.87. The van der Waals surface area contributed by atoms with Crippen LogP contribution in [0.4, 0.5) is 0 Å². The fourth-order valence-electron chi connectivity index (χ4n) is 1.26. The summed E-state index contributed by atoms with van der Waals surface area (Å²) >= 11 is 0. The third-order valence-electron chi connectivity index (χ3n) is 2.14. The lowest BCUT2D eigenvalue weighted by Crippen LogP contribution is -2.25. The standard InChI is InChI=1S/C9H15NO4S/c1-4-8(5-13-3)15(11,12)9-6-14-7(2)10-9/h6,8H,4-5H2,1-3H3. The van der Waals surface area contributed by atoms with Crippen molar-refractivity contribution in [3.05, 3.63) is 12.2 Å². The number of rotatable bonds is 5. The molecule has 0 saturated carbocycles. The maximum atomic E-state index is 12.0. The van der Waals surface area contributed by atoms with Crippen LogP contribution >= 0.6 is 0 Å². The van der Waals surface area contributed by atoms with Crippen LogP contribution in [0.1, 0.15) is 19.2 Å². The van der Waals surface area contributed by atoms with E-state index >= 15 is 0 Å². The summed E-state index contributed by atoms with van der Waals surface area (Å²) in [7, 11) is -1.94. The van der Waals surface area contributed by atoms with E-state index in [4.69, 9.17) is 9.15 Å². The SMILES string of the molecule is CCC(COC)S(=O)(=O)c1coc(C)n1. The van der Waals surface area contributed by atoms with Crippen molar-refractivity contribution in [2.24, 2.45) is 0 Å². The molecule has 0 aliphatic heterocycles. The molecule has 6 heteroatoms. The molecule has 5 nitrogen and oxygen atoms in total. The molecular formula is C9H15NO4S. The first-order valence-corrected chi connectivity index (χ1v) is 6.22. The summed E-state index contributed by atoms with van der Waals surface area (Å²) in [5.74, 6) is 0.348. The second-order valence-corrected chi connectivity index (χ2v) is 5.41. The predicted octanol–water partition coefficient (Wildman–Crippen LogP) is 1.18. The molecule has 1 unspecified atom stereocenters. The molecule has 86 valence electrons. The Kier molecular flexibility index (Phi) is 3.87. The Bertz CT molecular complexity index is 410. The number of aromatic nitrogens is 1. The number of aryl methyl sites for hydroxylation is 1. The van der Waals surface area contributed by atoms with Gasteiger partial charge in [0.05, 0.1) is 11.9 Å². The summed E-state index contributed by atoms with van der Waals surface area (Å²) in [4.78, 5) is 3.82. The van der Waals surface area contributed by atoms with Crippen LogP contribution in [0.5, 0.6) is 0 Å². The molecule has 0 N–H and O–H groups in total. The quantitative estimate of drug-likeness (QED) is 0.763. The van der Waals surface area contributed by atoms with Gasteiger partial charge in [0.15, 0.2) is 10.9 Å². The Morgan fingerprint density at radius 1 is 1.60 bits per heavy atom. The highest BCUT2D eigenvalue weighted by molar-refractivity contribution is 7.92. The Morgan fingerprint density at radius 2 is 2.27 bits per heavy atom. The zero-order valence-electron chi connectivity index (χ0n) is 9.06. The molecule has 0 aliphatic carbocycles. The van der Waals surface area contributed by atoms with Gasteiger partial charge in [-0.05, 0) is 6.42 Å². The summed E-state index contributed by atoms with van der Waals surface area (Å²) in [6.07, 6.45) is 1.66. The molecule has 0 aliphatic rings. The van der Waals surface area contributed by atoms with Gasteiger partial charge >= 0.3 is 0 Å². The van der Waals surface area contributed by atoms with Crippen molar-refractivity contribution in [3.63, 3.8) is 0 Å². The summed E-state index contributed by atoms with van der Waals surface area (Å²) in [5, 5.41) is -0.573. The molecule has 0 aromatic carbocycles. The summed E-state index contributed by atoms with van der Waals surface area (Å²) in [6.45, 7) is 3.58. The average molecular weight is 233 g/mol. The molecule has 1 rings (SSSR count). The topological polar surface area (TPSA) is 69.4 Å². The fourth-order valence-corrected chi connectivity index (χ4v) is 2.79. The summed E-state index contributed by atoms with van der Waals surface area (Å²) in [6, 6.07) is 0. The molecule has 1 atom stereocenters. The largest absolute Gasteiger partial charge is 0.448 e. The molecule has 0 spiro atoms. The van der Waals surface area contributed by atoms with E-state index in [-0.39, 0.29) is 11.6 Å². The van der Waals surface area contributed by atoms with E-state index in [1.807, 2.05) is 0 Å². The van der Waals surface area contributed by atoms with Gasteiger partial charge in [0, 0.05) is 14.0 Å². The lowest BCUT2D eigenvalue weighted by atomic mass is 10.3. The van der Waals surface area contributed by atoms with Crippen LogP contribution in [0.3, 0.4) is 0 Å². The molecule has 1 aromatic heterocycles. The maximum absolute atomic E-state index is 12.0. The molecule has 1 aromatic rings. The fraction of sp³-hybridized carbons (Fsp3) is 0.667. The van der Waals surface area contributed by atoms with Crippen LogP contribution in [0.15, 0.2) is 15.7 Å². The van der Waals surface area contributed by atoms with Gasteiger partial charge in [-0.2, -0.15) is 0 Å². The van der Waals surface area contributed by atoms with Crippen LogP contribution < -0.4 is 0 Å². The second kappa shape index (κ2) is 4.76. The lowest BCUT2D eigenvalue weighted by Gasteiger charge is -2.12. The molecular weight excluding hydrogens is 218 g/mol. The van der Waals surface area contributed by atoms with Crippen molar-refractivity contribution in [1.82, 2.24) is 4.98 Å². The van der Waals surface area contributed by atoms with Gasteiger partial charge in [0.1, 0.15) is 6.26 Å². The van der Waals surface area contributed by atoms with Gasteiger partial charge in [0.25, 0.3) is 0 Å². The highest BCUT2D eigenvalue weighted by atomic mass is 32.2. The van der Waals surface area contributed by atoms with E-state index in [1.165, 1.54) is 13.4 Å². The van der Waals surface area contributed by atoms with Gasteiger partial charge in [0.2, 0.25) is 9.84 Å². The number of methoxy groups -OCH3 is 1. The Hall–Kier alpha value is -0.880. The van der Waals surface area contributed by atoms with Gasteiger partial charge in [-0.1, -0.05) is 6.92 Å². The Morgan fingerprint density at radius 3 is 2.67 bits per heavy atom. The lowest BCUT2D eigenvalue weighted by molar-refractivity contribution is 0.195. The third-order valence-corrected chi connectivity index (χ3v) is 4.25. The van der Waals surface area contributed by atoms with E-state index < -0.39 is 15.1 Å². The first-order valence-electron chi connectivity index (χ1n) is 4.67. The first-order chi connectivity index (χ1) is 7.02. The summed E-state index contributed by atoms with van der Waals surface area (Å²) < 4.78 is 33.7. The molecule has 0 saturated heterocycles. The van der Waals surface area contributed by atoms with Crippen molar-refractivity contribution in [3.8, 4) is 0 Å². The monoisotopic (exact) mass is 233 g/mol. The van der Waals surface area contributed by atoms with Crippen molar-refractivity contribution in [2.45, 2.75) is 30.5 Å². The van der Waals surface area contributed by atoms with Crippen molar-refractivity contribution >= 4 is 9.84 Å². The molecule has 15 heavy (non-hydrogen) atoms. The van der Waals surface area contributed by atoms with E-state index in [0.29, 0.717) is 12.3 Å². The van der Waals surface area contributed by atoms with Crippen LogP contribution in [0, 0.1) is 6.92 Å². The van der Waals surface area contributed by atoms with Crippen LogP contribution in [-0.2, 0) is 14.6 Å². The minimum Gasteiger partial charge on any atom is -0.448 e. The minimum atomic E-state index is -3.42. The summed E-state index contributed by atoms with van der Waals surface area (Å²) in [5.41, 5.74) is 0. The molecule has 0 fully saturated rings. The molecule has 0 bridgehead atoms. The van der Waals surface area contributed by atoms with Crippen molar-refractivity contribution in [1.29, 1.82) is 0 Å². The number of nitrogens with zero attached hydrogens (tertiary/aromatic N) is 1. The zero-order chi connectivity index (χ0) is 11.5. The first kappa shape index (κ1) is 12.2. The predicted molar refractivity (Wildman–Crippen MR) is 54.4 cm³/mol. The Balaban J connectivity index is 3.00. The maximum Gasteiger partial charge on any atom is 0.203 e. The molecule has 1 heterocycles. The van der Waals surface area contributed by atoms with Crippen molar-refractivity contribution in [2.75, 3.05) is 13.7 Å². The van der Waals surface area contributed by atoms with E-state index in [0.717, 1.165) is 0 Å². The second-order valence-electron chi connectivity index (χ2n) is 3.24. The average Bonchev–Trinajstić information content (AvgIpc) is 2.61. The highest BCUT2D eigenvalue weighted by Crippen LogP contribution is 2.17. The van der Waals surface area contributed by atoms with Gasteiger partial charge in [-0.3, -0.25) is 0 Å². The molecule has 0 amide bonds.